The minimum absolute atomic E-state index is 0.162. The Balaban J connectivity index is 2.22. The highest BCUT2D eigenvalue weighted by Gasteiger charge is 2.16. The van der Waals surface area contributed by atoms with Crippen LogP contribution < -0.4 is 5.32 Å². The number of nitrogens with zero attached hydrogens (tertiary/aromatic N) is 2. The number of likely N-dealkylation sites (N-methyl/N-ethyl adjacent to an activating group) is 1. The van der Waals surface area contributed by atoms with Crippen molar-refractivity contribution >= 4 is 11.5 Å². The molecule has 0 bridgehead atoms. The highest BCUT2D eigenvalue weighted by atomic mass is 32.1. The molecule has 0 radical (unpaired) electrons. The van der Waals surface area contributed by atoms with Crippen LogP contribution in [0.5, 0.6) is 0 Å². The number of aromatic nitrogens is 2. The second kappa shape index (κ2) is 5.29. The third-order valence-corrected chi connectivity index (χ3v) is 3.06. The van der Waals surface area contributed by atoms with Crippen LogP contribution in [-0.2, 0) is 6.42 Å². The van der Waals surface area contributed by atoms with Crippen molar-refractivity contribution in [2.45, 2.75) is 12.5 Å². The maximum Gasteiger partial charge on any atom is 0.162 e. The topological polar surface area (TPSA) is 37.8 Å². The van der Waals surface area contributed by atoms with Crippen LogP contribution in [-0.4, -0.2) is 16.6 Å². The van der Waals surface area contributed by atoms with E-state index in [0.717, 1.165) is 11.8 Å². The number of hydrogen-bond acceptors (Lipinski definition) is 4. The van der Waals surface area contributed by atoms with Crippen molar-refractivity contribution in [3.63, 3.8) is 0 Å². The van der Waals surface area contributed by atoms with Crippen LogP contribution in [0.25, 0.3) is 0 Å². The lowest BCUT2D eigenvalue weighted by atomic mass is 10.0. The molecule has 6 heteroatoms. The first kappa shape index (κ1) is 12.1. The quantitative estimate of drug-likeness (QED) is 0.911. The van der Waals surface area contributed by atoms with Crippen molar-refractivity contribution in [2.24, 2.45) is 0 Å². The largest absolute Gasteiger partial charge is 0.311 e. The zero-order chi connectivity index (χ0) is 12.3. The van der Waals surface area contributed by atoms with Crippen molar-refractivity contribution in [1.82, 2.24) is 14.9 Å². The molecule has 0 fully saturated rings. The van der Waals surface area contributed by atoms with Gasteiger partial charge in [0.05, 0.1) is 11.7 Å². The molecule has 0 aliphatic heterocycles. The number of rotatable bonds is 4. The molecule has 1 aromatic carbocycles. The summed E-state index contributed by atoms with van der Waals surface area (Å²) >= 11 is 1.23. The Morgan fingerprint density at radius 3 is 2.88 bits per heavy atom. The molecule has 2 aromatic rings. The van der Waals surface area contributed by atoms with E-state index in [1.165, 1.54) is 17.6 Å². The van der Waals surface area contributed by atoms with Crippen molar-refractivity contribution in [3.8, 4) is 0 Å². The minimum Gasteiger partial charge on any atom is -0.311 e. The Bertz CT molecular complexity index is 487. The Hall–Kier alpha value is -1.40. The smallest absolute Gasteiger partial charge is 0.162 e. The normalized spacial score (nSPS) is 12.6. The van der Waals surface area contributed by atoms with Gasteiger partial charge in [-0.3, -0.25) is 0 Å². The molecule has 0 saturated heterocycles. The molecule has 90 valence electrons. The summed E-state index contributed by atoms with van der Waals surface area (Å²) in [5, 5.41) is 8.73. The van der Waals surface area contributed by atoms with Crippen molar-refractivity contribution in [1.29, 1.82) is 0 Å². The molecule has 0 aliphatic carbocycles. The summed E-state index contributed by atoms with van der Waals surface area (Å²) in [4.78, 5) is 0. The van der Waals surface area contributed by atoms with Gasteiger partial charge < -0.3 is 5.32 Å². The Morgan fingerprint density at radius 1 is 1.41 bits per heavy atom. The zero-order valence-corrected chi connectivity index (χ0v) is 9.97. The lowest BCUT2D eigenvalue weighted by Crippen LogP contribution is -2.20. The summed E-state index contributed by atoms with van der Waals surface area (Å²) in [7, 11) is 1.75. The van der Waals surface area contributed by atoms with Crippen molar-refractivity contribution in [3.05, 3.63) is 46.5 Å². The fraction of sp³-hybridized carbons (Fsp3) is 0.273. The first-order valence-corrected chi connectivity index (χ1v) is 5.93. The lowest BCUT2D eigenvalue weighted by Gasteiger charge is -2.13. The van der Waals surface area contributed by atoms with E-state index in [4.69, 9.17) is 0 Å². The van der Waals surface area contributed by atoms with Crippen molar-refractivity contribution in [2.75, 3.05) is 7.05 Å². The van der Waals surface area contributed by atoms with Crippen LogP contribution in [0.1, 0.15) is 17.3 Å². The summed E-state index contributed by atoms with van der Waals surface area (Å²) in [6, 6.07) is 4.02. The Morgan fingerprint density at radius 2 is 2.24 bits per heavy atom. The van der Waals surface area contributed by atoms with Gasteiger partial charge in [0.1, 0.15) is 0 Å². The standard InChI is InChI=1S/C11H11F2N3S/c1-14-9(10-6-17-16-15-10)5-7-3-2-4-8(12)11(7)13/h2-4,6,9,14H,5H2,1H3. The first-order valence-electron chi connectivity index (χ1n) is 5.09. The van der Waals surface area contributed by atoms with Gasteiger partial charge in [0.15, 0.2) is 11.6 Å². The SMILES string of the molecule is CNC(Cc1cccc(F)c1F)c1csnn1. The van der Waals surface area contributed by atoms with E-state index in [-0.39, 0.29) is 6.04 Å². The summed E-state index contributed by atoms with van der Waals surface area (Å²) in [6.07, 6.45) is 0.339. The van der Waals surface area contributed by atoms with Gasteiger partial charge in [0.25, 0.3) is 0 Å². The second-order valence-electron chi connectivity index (χ2n) is 3.59. The van der Waals surface area contributed by atoms with E-state index in [2.05, 4.69) is 14.9 Å². The molecule has 0 amide bonds. The Kier molecular flexibility index (Phi) is 3.75. The summed E-state index contributed by atoms with van der Waals surface area (Å²) in [5.41, 5.74) is 1.07. The van der Waals surface area contributed by atoms with Gasteiger partial charge in [-0.1, -0.05) is 16.6 Å². The first-order chi connectivity index (χ1) is 8.22. The second-order valence-corrected chi connectivity index (χ2v) is 4.20. The number of hydrogen-bond donors (Lipinski definition) is 1. The number of halogens is 2. The van der Waals surface area contributed by atoms with E-state index in [1.807, 2.05) is 0 Å². The zero-order valence-electron chi connectivity index (χ0n) is 9.15. The average Bonchev–Trinajstić information content (AvgIpc) is 2.85. The summed E-state index contributed by atoms with van der Waals surface area (Å²) in [6.45, 7) is 0. The van der Waals surface area contributed by atoms with Crippen LogP contribution in [0, 0.1) is 11.6 Å². The van der Waals surface area contributed by atoms with E-state index in [9.17, 15) is 8.78 Å². The van der Waals surface area contributed by atoms with Crippen molar-refractivity contribution < 1.29 is 8.78 Å². The molecule has 1 atom stereocenters. The van der Waals surface area contributed by atoms with Gasteiger partial charge in [0, 0.05) is 5.38 Å². The van der Waals surface area contributed by atoms with Crippen LogP contribution in [0.3, 0.4) is 0 Å². The molecule has 2 rings (SSSR count). The molecule has 0 aliphatic rings. The van der Waals surface area contributed by atoms with E-state index in [0.29, 0.717) is 12.0 Å². The fourth-order valence-corrected chi connectivity index (χ4v) is 2.11. The molecular formula is C11H11F2N3S. The maximum atomic E-state index is 13.5. The van der Waals surface area contributed by atoms with E-state index < -0.39 is 11.6 Å². The van der Waals surface area contributed by atoms with Gasteiger partial charge in [-0.25, -0.2) is 8.78 Å². The van der Waals surface area contributed by atoms with Crippen LogP contribution in [0.4, 0.5) is 8.78 Å². The van der Waals surface area contributed by atoms with Gasteiger partial charge >= 0.3 is 0 Å². The third kappa shape index (κ3) is 2.65. The van der Waals surface area contributed by atoms with E-state index >= 15 is 0 Å². The predicted octanol–water partition coefficient (Wildman–Crippen LogP) is 2.32. The van der Waals surface area contributed by atoms with Gasteiger partial charge in [-0.15, -0.1) is 5.10 Å². The molecule has 1 aromatic heterocycles. The highest BCUT2D eigenvalue weighted by molar-refractivity contribution is 7.03. The van der Waals surface area contributed by atoms with Gasteiger partial charge in [-0.05, 0) is 36.6 Å². The Labute approximate surface area is 102 Å². The third-order valence-electron chi connectivity index (χ3n) is 2.54. The van der Waals surface area contributed by atoms with Crippen LogP contribution in [0.2, 0.25) is 0 Å². The monoisotopic (exact) mass is 255 g/mol. The molecule has 1 unspecified atom stereocenters. The predicted molar refractivity (Wildman–Crippen MR) is 61.8 cm³/mol. The summed E-state index contributed by atoms with van der Waals surface area (Å²) in [5.74, 6) is -1.62. The number of nitrogens with one attached hydrogen (secondary N) is 1. The molecule has 1 heterocycles. The van der Waals surface area contributed by atoms with Crippen LogP contribution >= 0.6 is 11.5 Å². The molecule has 0 spiro atoms. The molecule has 0 saturated carbocycles. The highest BCUT2D eigenvalue weighted by Crippen LogP contribution is 2.20. The van der Waals surface area contributed by atoms with Gasteiger partial charge in [0.2, 0.25) is 0 Å². The van der Waals surface area contributed by atoms with Gasteiger partial charge in [-0.2, -0.15) is 0 Å². The maximum absolute atomic E-state index is 13.5. The average molecular weight is 255 g/mol. The molecular weight excluding hydrogens is 244 g/mol. The molecule has 1 N–H and O–H groups in total. The van der Waals surface area contributed by atoms with E-state index in [1.54, 1.807) is 18.5 Å². The number of benzene rings is 1. The minimum atomic E-state index is -0.825. The molecule has 3 nitrogen and oxygen atoms in total. The molecule has 17 heavy (non-hydrogen) atoms. The fourth-order valence-electron chi connectivity index (χ4n) is 1.60. The lowest BCUT2D eigenvalue weighted by molar-refractivity contribution is 0.484. The van der Waals surface area contributed by atoms with Crippen LogP contribution in [0.15, 0.2) is 23.6 Å². The summed E-state index contributed by atoms with van der Waals surface area (Å²) < 4.78 is 30.3.